The van der Waals surface area contributed by atoms with Crippen molar-refractivity contribution >= 4 is 11.5 Å². The second kappa shape index (κ2) is 4.09. The van der Waals surface area contributed by atoms with Crippen molar-refractivity contribution in [3.05, 3.63) is 29.6 Å². The Morgan fingerprint density at radius 1 is 1.50 bits per heavy atom. The Hall–Kier alpha value is -1.58. The van der Waals surface area contributed by atoms with Gasteiger partial charge in [0.25, 0.3) is 0 Å². The van der Waals surface area contributed by atoms with E-state index in [4.69, 9.17) is 11.1 Å². The number of nitrogens with zero attached hydrogens (tertiary/aromatic N) is 1. The summed E-state index contributed by atoms with van der Waals surface area (Å²) in [7, 11) is 3.66. The number of hydrogen-bond acceptors (Lipinski definition) is 2. The molecule has 0 saturated heterocycles. The van der Waals surface area contributed by atoms with Gasteiger partial charge >= 0.3 is 0 Å². The summed E-state index contributed by atoms with van der Waals surface area (Å²) < 4.78 is 12.9. The predicted molar refractivity (Wildman–Crippen MR) is 56.3 cm³/mol. The van der Waals surface area contributed by atoms with Crippen molar-refractivity contribution in [1.82, 2.24) is 0 Å². The van der Waals surface area contributed by atoms with Crippen molar-refractivity contribution in [1.29, 1.82) is 5.41 Å². The zero-order valence-electron chi connectivity index (χ0n) is 8.34. The van der Waals surface area contributed by atoms with E-state index in [1.54, 1.807) is 11.0 Å². The monoisotopic (exact) mass is 195 g/mol. The molecule has 0 saturated carbocycles. The lowest BCUT2D eigenvalue weighted by Gasteiger charge is -2.17. The van der Waals surface area contributed by atoms with Crippen LogP contribution in [0.5, 0.6) is 0 Å². The average molecular weight is 195 g/mol. The Morgan fingerprint density at radius 2 is 2.14 bits per heavy atom. The smallest absolute Gasteiger partial charge is 0.125 e. The molecule has 3 nitrogen and oxygen atoms in total. The maximum Gasteiger partial charge on any atom is 0.125 e. The molecular weight excluding hydrogens is 181 g/mol. The van der Waals surface area contributed by atoms with E-state index in [0.717, 1.165) is 11.3 Å². The summed E-state index contributed by atoms with van der Waals surface area (Å²) in [6, 6.07) is 4.48. The number of nitrogens with two attached hydrogens (primary N) is 1. The molecule has 0 aliphatic heterocycles. The number of benzene rings is 1. The summed E-state index contributed by atoms with van der Waals surface area (Å²) >= 11 is 0. The number of rotatable bonds is 3. The highest BCUT2D eigenvalue weighted by Crippen LogP contribution is 2.20. The average Bonchev–Trinajstić information content (AvgIpc) is 2.07. The number of amidine groups is 1. The van der Waals surface area contributed by atoms with Gasteiger partial charge in [-0.2, -0.15) is 0 Å². The Balaban J connectivity index is 3.08. The Morgan fingerprint density at radius 3 is 2.64 bits per heavy atom. The lowest BCUT2D eigenvalue weighted by atomic mass is 10.1. The van der Waals surface area contributed by atoms with Gasteiger partial charge in [-0.25, -0.2) is 4.39 Å². The zero-order valence-corrected chi connectivity index (χ0v) is 8.34. The van der Waals surface area contributed by atoms with Gasteiger partial charge in [0, 0.05) is 26.2 Å². The molecule has 0 heterocycles. The van der Waals surface area contributed by atoms with Crippen LogP contribution in [-0.2, 0) is 6.42 Å². The fraction of sp³-hybridized carbons (Fsp3) is 0.300. The summed E-state index contributed by atoms with van der Waals surface area (Å²) in [5.41, 5.74) is 6.93. The number of anilines is 1. The highest BCUT2D eigenvalue weighted by Gasteiger charge is 2.06. The first-order chi connectivity index (χ1) is 6.50. The van der Waals surface area contributed by atoms with Crippen LogP contribution in [0.3, 0.4) is 0 Å². The Bertz CT molecular complexity index is 347. The Labute approximate surface area is 82.8 Å². The molecule has 4 heteroatoms. The molecule has 0 aliphatic rings. The van der Waals surface area contributed by atoms with E-state index >= 15 is 0 Å². The van der Waals surface area contributed by atoms with E-state index < -0.39 is 0 Å². The van der Waals surface area contributed by atoms with Crippen LogP contribution in [-0.4, -0.2) is 19.9 Å². The molecule has 1 aromatic rings. The van der Waals surface area contributed by atoms with E-state index in [9.17, 15) is 4.39 Å². The summed E-state index contributed by atoms with van der Waals surface area (Å²) in [5, 5.41) is 7.19. The van der Waals surface area contributed by atoms with Crippen molar-refractivity contribution < 1.29 is 4.39 Å². The maximum absolute atomic E-state index is 12.9. The van der Waals surface area contributed by atoms with E-state index in [0.29, 0.717) is 6.42 Å². The van der Waals surface area contributed by atoms with Gasteiger partial charge in [-0.3, -0.25) is 5.41 Å². The Kier molecular flexibility index (Phi) is 3.06. The van der Waals surface area contributed by atoms with Crippen LogP contribution in [0.15, 0.2) is 18.2 Å². The van der Waals surface area contributed by atoms with Gasteiger partial charge in [0.05, 0.1) is 5.84 Å². The topological polar surface area (TPSA) is 53.1 Å². The highest BCUT2D eigenvalue weighted by molar-refractivity contribution is 5.81. The summed E-state index contributed by atoms with van der Waals surface area (Å²) in [6.07, 6.45) is 0.355. The van der Waals surface area contributed by atoms with E-state index in [2.05, 4.69) is 0 Å². The first kappa shape index (κ1) is 10.5. The van der Waals surface area contributed by atoms with Gasteiger partial charge in [-0.1, -0.05) is 6.07 Å². The number of halogens is 1. The second-order valence-corrected chi connectivity index (χ2v) is 3.37. The van der Waals surface area contributed by atoms with E-state index in [1.807, 2.05) is 14.1 Å². The number of nitrogens with one attached hydrogen (secondary N) is 1. The minimum Gasteiger partial charge on any atom is -0.387 e. The molecule has 0 amide bonds. The molecule has 1 rings (SSSR count). The van der Waals surface area contributed by atoms with E-state index in [-0.39, 0.29) is 11.7 Å². The van der Waals surface area contributed by atoms with Crippen LogP contribution in [0.25, 0.3) is 0 Å². The molecule has 0 bridgehead atoms. The zero-order chi connectivity index (χ0) is 10.7. The largest absolute Gasteiger partial charge is 0.387 e. The molecule has 0 atom stereocenters. The van der Waals surface area contributed by atoms with Crippen molar-refractivity contribution in [2.45, 2.75) is 6.42 Å². The van der Waals surface area contributed by atoms with Crippen LogP contribution < -0.4 is 10.6 Å². The molecular formula is C10H14FN3. The predicted octanol–water partition coefficient (Wildman–Crippen LogP) is 1.37. The van der Waals surface area contributed by atoms with Crippen LogP contribution in [0.1, 0.15) is 5.56 Å². The third-order valence-electron chi connectivity index (χ3n) is 1.91. The van der Waals surface area contributed by atoms with Gasteiger partial charge in [0.1, 0.15) is 5.82 Å². The molecule has 0 aliphatic carbocycles. The third kappa shape index (κ3) is 2.45. The summed E-state index contributed by atoms with van der Waals surface area (Å²) in [4.78, 5) is 1.81. The fourth-order valence-corrected chi connectivity index (χ4v) is 1.31. The van der Waals surface area contributed by atoms with Crippen molar-refractivity contribution in [3.8, 4) is 0 Å². The standard InChI is InChI=1S/C10H14FN3/c1-14(2)9-6-8(11)4-3-7(9)5-10(12)13/h3-4,6H,5H2,1-2H3,(H3,12,13). The highest BCUT2D eigenvalue weighted by atomic mass is 19.1. The van der Waals surface area contributed by atoms with Gasteiger partial charge in [0.15, 0.2) is 0 Å². The molecule has 0 spiro atoms. The molecule has 3 N–H and O–H groups in total. The summed E-state index contributed by atoms with van der Waals surface area (Å²) in [6.45, 7) is 0. The quantitative estimate of drug-likeness (QED) is 0.565. The molecule has 14 heavy (non-hydrogen) atoms. The lowest BCUT2D eigenvalue weighted by molar-refractivity contribution is 0.627. The molecule has 76 valence electrons. The molecule has 1 aromatic carbocycles. The third-order valence-corrected chi connectivity index (χ3v) is 1.91. The van der Waals surface area contributed by atoms with Crippen LogP contribution in [0.4, 0.5) is 10.1 Å². The normalized spacial score (nSPS) is 9.93. The maximum atomic E-state index is 12.9. The van der Waals surface area contributed by atoms with Gasteiger partial charge in [-0.05, 0) is 17.7 Å². The molecule has 0 aromatic heterocycles. The molecule has 0 radical (unpaired) electrons. The summed E-state index contributed by atoms with van der Waals surface area (Å²) in [5.74, 6) is -0.194. The van der Waals surface area contributed by atoms with Crippen LogP contribution in [0, 0.1) is 11.2 Å². The van der Waals surface area contributed by atoms with Gasteiger partial charge < -0.3 is 10.6 Å². The minimum absolute atomic E-state index is 0.0831. The van der Waals surface area contributed by atoms with Crippen molar-refractivity contribution in [3.63, 3.8) is 0 Å². The first-order valence-corrected chi connectivity index (χ1v) is 4.29. The van der Waals surface area contributed by atoms with E-state index in [1.165, 1.54) is 12.1 Å². The van der Waals surface area contributed by atoms with Gasteiger partial charge in [-0.15, -0.1) is 0 Å². The first-order valence-electron chi connectivity index (χ1n) is 4.29. The van der Waals surface area contributed by atoms with Crippen LogP contribution >= 0.6 is 0 Å². The number of hydrogen-bond donors (Lipinski definition) is 2. The minimum atomic E-state index is -0.277. The second-order valence-electron chi connectivity index (χ2n) is 3.37. The van der Waals surface area contributed by atoms with Crippen molar-refractivity contribution in [2.75, 3.05) is 19.0 Å². The van der Waals surface area contributed by atoms with Crippen LogP contribution in [0.2, 0.25) is 0 Å². The molecule has 0 unspecified atom stereocenters. The SMILES string of the molecule is CN(C)c1cc(F)ccc1CC(=N)N. The van der Waals surface area contributed by atoms with Gasteiger partial charge in [0.2, 0.25) is 0 Å². The molecule has 0 fully saturated rings. The van der Waals surface area contributed by atoms with Crippen molar-refractivity contribution in [2.24, 2.45) is 5.73 Å². The lowest BCUT2D eigenvalue weighted by Crippen LogP contribution is -2.17. The fourth-order valence-electron chi connectivity index (χ4n) is 1.31.